The molecule has 0 unspecified atom stereocenters. The Labute approximate surface area is 202 Å². The van der Waals surface area contributed by atoms with Gasteiger partial charge in [-0.05, 0) is 43.7 Å². The summed E-state index contributed by atoms with van der Waals surface area (Å²) in [5.41, 5.74) is 3.51. The third kappa shape index (κ3) is 4.81. The van der Waals surface area contributed by atoms with Crippen LogP contribution in [0.15, 0.2) is 60.8 Å². The Hall–Kier alpha value is -3.68. The van der Waals surface area contributed by atoms with E-state index in [-0.39, 0.29) is 18.4 Å². The highest BCUT2D eigenvalue weighted by atomic mass is 35.5. The van der Waals surface area contributed by atoms with E-state index in [1.807, 2.05) is 44.2 Å². The van der Waals surface area contributed by atoms with Crippen LogP contribution in [0.3, 0.4) is 0 Å². The van der Waals surface area contributed by atoms with Crippen LogP contribution < -0.4 is 10.1 Å². The van der Waals surface area contributed by atoms with Gasteiger partial charge in [0, 0.05) is 40.9 Å². The molecule has 174 valence electrons. The van der Waals surface area contributed by atoms with E-state index in [4.69, 9.17) is 26.1 Å². The molecular weight excluding hydrogens is 454 g/mol. The van der Waals surface area contributed by atoms with Crippen molar-refractivity contribution in [1.82, 2.24) is 9.97 Å². The molecule has 3 aromatic carbocycles. The minimum atomic E-state index is -1.02. The fourth-order valence-corrected chi connectivity index (χ4v) is 3.95. The maximum absolute atomic E-state index is 11.7. The summed E-state index contributed by atoms with van der Waals surface area (Å²) in [5.74, 6) is -0.0786. The van der Waals surface area contributed by atoms with Gasteiger partial charge >= 0.3 is 5.97 Å². The van der Waals surface area contributed by atoms with Crippen LogP contribution in [0, 0.1) is 0 Å². The van der Waals surface area contributed by atoms with E-state index in [9.17, 15) is 9.90 Å². The molecule has 0 fully saturated rings. The number of anilines is 1. The monoisotopic (exact) mass is 477 g/mol. The number of methoxy groups -OCH3 is 1. The summed E-state index contributed by atoms with van der Waals surface area (Å²) in [6, 6.07) is 16.2. The SMILES string of the molecule is COCOc1c(-c2ccccc2Cl)cc2cnc(NC(C)C)nc2c1-c1cccc(C(=O)O)c1. The average Bonchev–Trinajstić information content (AvgIpc) is 2.82. The Bertz CT molecular complexity index is 1360. The van der Waals surface area contributed by atoms with Gasteiger partial charge in [-0.3, -0.25) is 0 Å². The lowest BCUT2D eigenvalue weighted by Crippen LogP contribution is -2.12. The molecule has 0 spiro atoms. The highest BCUT2D eigenvalue weighted by Crippen LogP contribution is 2.45. The van der Waals surface area contributed by atoms with Crippen molar-refractivity contribution in [3.8, 4) is 28.0 Å². The van der Waals surface area contributed by atoms with Gasteiger partial charge in [-0.1, -0.05) is 41.9 Å². The first-order valence-electron chi connectivity index (χ1n) is 10.7. The number of halogens is 1. The standard InChI is InChI=1S/C26H24ClN3O4/c1-15(2)29-26-28-13-18-12-20(19-9-4-5-10-21(19)27)24(34-14-33-3)22(23(18)30-26)16-7-6-8-17(11-16)25(31)32/h4-13,15H,14H2,1-3H3,(H,31,32)(H,28,29,30). The number of carboxylic acids is 1. The predicted octanol–water partition coefficient (Wildman–Crippen LogP) is 6.12. The van der Waals surface area contributed by atoms with Crippen LogP contribution in [-0.4, -0.2) is 41.0 Å². The smallest absolute Gasteiger partial charge is 0.335 e. The number of rotatable bonds is 8. The summed E-state index contributed by atoms with van der Waals surface area (Å²) in [6.45, 7) is 3.98. The molecule has 0 saturated heterocycles. The Morgan fingerprint density at radius 3 is 2.62 bits per heavy atom. The summed E-state index contributed by atoms with van der Waals surface area (Å²) in [7, 11) is 1.54. The maximum atomic E-state index is 11.7. The quantitative estimate of drug-likeness (QED) is 0.295. The van der Waals surface area contributed by atoms with Gasteiger partial charge in [-0.25, -0.2) is 14.8 Å². The van der Waals surface area contributed by atoms with Gasteiger partial charge in [-0.2, -0.15) is 0 Å². The second-order valence-corrected chi connectivity index (χ2v) is 8.38. The van der Waals surface area contributed by atoms with Gasteiger partial charge in [0.15, 0.2) is 6.79 Å². The van der Waals surface area contributed by atoms with Crippen molar-refractivity contribution in [1.29, 1.82) is 0 Å². The first-order chi connectivity index (χ1) is 16.4. The summed E-state index contributed by atoms with van der Waals surface area (Å²) in [5, 5.41) is 14.1. The average molecular weight is 478 g/mol. The number of aromatic carboxylic acids is 1. The highest BCUT2D eigenvalue weighted by molar-refractivity contribution is 6.33. The number of aromatic nitrogens is 2. The number of nitrogens with zero attached hydrogens (tertiary/aromatic N) is 2. The molecule has 0 aliphatic heterocycles. The third-order valence-corrected chi connectivity index (χ3v) is 5.46. The number of ether oxygens (including phenoxy) is 2. The zero-order chi connectivity index (χ0) is 24.2. The second kappa shape index (κ2) is 10.1. The zero-order valence-electron chi connectivity index (χ0n) is 19.0. The number of benzene rings is 3. The summed E-state index contributed by atoms with van der Waals surface area (Å²) < 4.78 is 11.3. The van der Waals surface area contributed by atoms with Crippen LogP contribution >= 0.6 is 11.6 Å². The molecule has 4 rings (SSSR count). The van der Waals surface area contributed by atoms with E-state index in [1.165, 1.54) is 7.11 Å². The number of carboxylic acid groups (broad SMARTS) is 1. The molecule has 34 heavy (non-hydrogen) atoms. The first kappa shape index (κ1) is 23.5. The number of hydrogen-bond donors (Lipinski definition) is 2. The van der Waals surface area contributed by atoms with Crippen LogP contribution in [0.1, 0.15) is 24.2 Å². The molecular formula is C26H24ClN3O4. The number of hydrogen-bond acceptors (Lipinski definition) is 6. The predicted molar refractivity (Wildman–Crippen MR) is 134 cm³/mol. The minimum absolute atomic E-state index is 0.0171. The van der Waals surface area contributed by atoms with Gasteiger partial charge in [-0.15, -0.1) is 0 Å². The molecule has 8 heteroatoms. The largest absolute Gasteiger partial charge is 0.478 e. The van der Waals surface area contributed by atoms with E-state index in [0.29, 0.717) is 33.4 Å². The van der Waals surface area contributed by atoms with Crippen molar-refractivity contribution in [2.24, 2.45) is 0 Å². The van der Waals surface area contributed by atoms with Crippen molar-refractivity contribution in [3.05, 3.63) is 71.4 Å². The molecule has 0 bridgehead atoms. The lowest BCUT2D eigenvalue weighted by molar-refractivity contribution is 0.0520. The van der Waals surface area contributed by atoms with E-state index in [1.54, 1.807) is 30.5 Å². The van der Waals surface area contributed by atoms with E-state index in [0.717, 1.165) is 16.5 Å². The van der Waals surface area contributed by atoms with Crippen molar-refractivity contribution < 1.29 is 19.4 Å². The van der Waals surface area contributed by atoms with E-state index < -0.39 is 5.97 Å². The lowest BCUT2D eigenvalue weighted by atomic mass is 9.93. The maximum Gasteiger partial charge on any atom is 0.335 e. The molecule has 0 aliphatic rings. The zero-order valence-corrected chi connectivity index (χ0v) is 19.8. The first-order valence-corrected chi connectivity index (χ1v) is 11.1. The van der Waals surface area contributed by atoms with Gasteiger partial charge < -0.3 is 19.9 Å². The molecule has 4 aromatic rings. The molecule has 0 saturated carbocycles. The van der Waals surface area contributed by atoms with Gasteiger partial charge in [0.2, 0.25) is 5.95 Å². The second-order valence-electron chi connectivity index (χ2n) is 7.98. The Kier molecular flexibility index (Phi) is 6.95. The highest BCUT2D eigenvalue weighted by Gasteiger charge is 2.22. The van der Waals surface area contributed by atoms with Gasteiger partial charge in [0.25, 0.3) is 0 Å². The Balaban J connectivity index is 2.11. The van der Waals surface area contributed by atoms with Crippen molar-refractivity contribution in [2.75, 3.05) is 19.2 Å². The van der Waals surface area contributed by atoms with Crippen molar-refractivity contribution >= 4 is 34.4 Å². The van der Waals surface area contributed by atoms with Crippen LogP contribution in [0.4, 0.5) is 5.95 Å². The topological polar surface area (TPSA) is 93.6 Å². The number of carbonyl (C=O) groups is 1. The fourth-order valence-electron chi connectivity index (χ4n) is 3.71. The van der Waals surface area contributed by atoms with Gasteiger partial charge in [0.1, 0.15) is 5.75 Å². The van der Waals surface area contributed by atoms with Crippen molar-refractivity contribution in [2.45, 2.75) is 19.9 Å². The van der Waals surface area contributed by atoms with Crippen LogP contribution in [0.2, 0.25) is 5.02 Å². The summed E-state index contributed by atoms with van der Waals surface area (Å²) >= 11 is 6.56. The molecule has 1 heterocycles. The molecule has 0 radical (unpaired) electrons. The van der Waals surface area contributed by atoms with E-state index in [2.05, 4.69) is 10.3 Å². The molecule has 0 aliphatic carbocycles. The minimum Gasteiger partial charge on any atom is -0.478 e. The molecule has 1 aromatic heterocycles. The normalized spacial score (nSPS) is 11.1. The molecule has 0 atom stereocenters. The Morgan fingerprint density at radius 1 is 1.12 bits per heavy atom. The van der Waals surface area contributed by atoms with Crippen LogP contribution in [-0.2, 0) is 4.74 Å². The third-order valence-electron chi connectivity index (χ3n) is 5.13. The lowest BCUT2D eigenvalue weighted by Gasteiger charge is -2.20. The summed E-state index contributed by atoms with van der Waals surface area (Å²) in [4.78, 5) is 20.9. The molecule has 0 amide bonds. The molecule has 7 nitrogen and oxygen atoms in total. The summed E-state index contributed by atoms with van der Waals surface area (Å²) in [6.07, 6.45) is 1.73. The van der Waals surface area contributed by atoms with Gasteiger partial charge in [0.05, 0.1) is 16.6 Å². The fraction of sp³-hybridized carbons (Fsp3) is 0.192. The number of fused-ring (bicyclic) bond motifs is 1. The van der Waals surface area contributed by atoms with Crippen LogP contribution in [0.25, 0.3) is 33.2 Å². The van der Waals surface area contributed by atoms with Crippen molar-refractivity contribution in [3.63, 3.8) is 0 Å². The molecule has 2 N–H and O–H groups in total. The Morgan fingerprint density at radius 2 is 1.91 bits per heavy atom. The van der Waals surface area contributed by atoms with Crippen LogP contribution in [0.5, 0.6) is 5.75 Å². The number of nitrogens with one attached hydrogen (secondary N) is 1. The van der Waals surface area contributed by atoms with E-state index >= 15 is 0 Å².